The lowest BCUT2D eigenvalue weighted by Crippen LogP contribution is -1.97. The molecule has 0 fully saturated rings. The summed E-state index contributed by atoms with van der Waals surface area (Å²) >= 11 is 0. The van der Waals surface area contributed by atoms with Crippen molar-refractivity contribution in [2.75, 3.05) is 7.11 Å². The van der Waals surface area contributed by atoms with Gasteiger partial charge in [0, 0.05) is 5.92 Å². The largest absolute Gasteiger partial charge is 0.496 e. The minimum atomic E-state index is 0.394. The number of aryl methyl sites for hydroxylation is 1. The summed E-state index contributed by atoms with van der Waals surface area (Å²) in [6, 6.07) is 17.0. The van der Waals surface area contributed by atoms with Crippen molar-refractivity contribution in [2.45, 2.75) is 19.8 Å². The summed E-state index contributed by atoms with van der Waals surface area (Å²) in [6.07, 6.45) is 0. The molecule has 17 heavy (non-hydrogen) atoms. The van der Waals surface area contributed by atoms with Crippen LogP contribution in [0.25, 0.3) is 0 Å². The second-order valence-corrected chi connectivity index (χ2v) is 4.36. The van der Waals surface area contributed by atoms with Gasteiger partial charge in [-0.1, -0.05) is 49.4 Å². The van der Waals surface area contributed by atoms with Gasteiger partial charge in [-0.3, -0.25) is 0 Å². The molecule has 0 amide bonds. The highest BCUT2D eigenvalue weighted by Crippen LogP contribution is 2.28. The van der Waals surface area contributed by atoms with Crippen LogP contribution in [0.15, 0.2) is 48.5 Å². The molecule has 1 unspecified atom stereocenters. The van der Waals surface area contributed by atoms with Gasteiger partial charge < -0.3 is 4.74 Å². The Hall–Kier alpha value is -1.76. The van der Waals surface area contributed by atoms with Gasteiger partial charge in [-0.15, -0.1) is 0 Å². The third-order valence-corrected chi connectivity index (χ3v) is 3.23. The van der Waals surface area contributed by atoms with Gasteiger partial charge >= 0.3 is 0 Å². The predicted octanol–water partition coefficient (Wildman–Crippen LogP) is 4.16. The molecule has 2 rings (SSSR count). The summed E-state index contributed by atoms with van der Waals surface area (Å²) in [7, 11) is 1.72. The Kier molecular flexibility index (Phi) is 3.48. The topological polar surface area (TPSA) is 9.23 Å². The fraction of sp³-hybridized carbons (Fsp3) is 0.250. The first-order valence-electron chi connectivity index (χ1n) is 5.92. The standard InChI is InChI=1S/C16H18O/c1-12-9-10-15(11-16(12)17-3)13(2)14-7-5-4-6-8-14/h4-11,13H,1-3H3. The Morgan fingerprint density at radius 1 is 0.941 bits per heavy atom. The molecule has 0 heterocycles. The van der Waals surface area contributed by atoms with Crippen molar-refractivity contribution in [3.8, 4) is 5.75 Å². The fourth-order valence-electron chi connectivity index (χ4n) is 2.04. The van der Waals surface area contributed by atoms with E-state index < -0.39 is 0 Å². The van der Waals surface area contributed by atoms with Crippen LogP contribution in [0.4, 0.5) is 0 Å². The molecule has 0 bridgehead atoms. The van der Waals surface area contributed by atoms with Crippen LogP contribution in [0.1, 0.15) is 29.5 Å². The molecule has 88 valence electrons. The summed E-state index contributed by atoms with van der Waals surface area (Å²) in [4.78, 5) is 0. The minimum Gasteiger partial charge on any atom is -0.496 e. The summed E-state index contributed by atoms with van der Waals surface area (Å²) in [5, 5.41) is 0. The van der Waals surface area contributed by atoms with Crippen molar-refractivity contribution in [3.63, 3.8) is 0 Å². The number of methoxy groups -OCH3 is 1. The lowest BCUT2D eigenvalue weighted by molar-refractivity contribution is 0.411. The van der Waals surface area contributed by atoms with E-state index in [1.165, 1.54) is 16.7 Å². The normalized spacial score (nSPS) is 12.2. The van der Waals surface area contributed by atoms with Gasteiger partial charge in [0.1, 0.15) is 5.75 Å². The van der Waals surface area contributed by atoms with Crippen LogP contribution < -0.4 is 4.74 Å². The second-order valence-electron chi connectivity index (χ2n) is 4.36. The zero-order valence-corrected chi connectivity index (χ0v) is 10.6. The third-order valence-electron chi connectivity index (χ3n) is 3.23. The molecule has 1 nitrogen and oxygen atoms in total. The van der Waals surface area contributed by atoms with Crippen molar-refractivity contribution < 1.29 is 4.74 Å². The highest BCUT2D eigenvalue weighted by Gasteiger charge is 2.09. The average Bonchev–Trinajstić information content (AvgIpc) is 2.39. The third kappa shape index (κ3) is 2.50. The van der Waals surface area contributed by atoms with Gasteiger partial charge in [-0.25, -0.2) is 0 Å². The maximum absolute atomic E-state index is 5.37. The van der Waals surface area contributed by atoms with Crippen LogP contribution in [0.3, 0.4) is 0 Å². The molecule has 0 aromatic heterocycles. The molecular weight excluding hydrogens is 208 g/mol. The van der Waals surface area contributed by atoms with Crippen molar-refractivity contribution in [1.29, 1.82) is 0 Å². The zero-order valence-electron chi connectivity index (χ0n) is 10.6. The van der Waals surface area contributed by atoms with Crippen molar-refractivity contribution in [1.82, 2.24) is 0 Å². The van der Waals surface area contributed by atoms with Gasteiger partial charge in [0.2, 0.25) is 0 Å². The van der Waals surface area contributed by atoms with Gasteiger partial charge in [0.25, 0.3) is 0 Å². The van der Waals surface area contributed by atoms with E-state index in [0.29, 0.717) is 5.92 Å². The van der Waals surface area contributed by atoms with Gasteiger partial charge in [0.05, 0.1) is 7.11 Å². The van der Waals surface area contributed by atoms with Crippen LogP contribution in [0.2, 0.25) is 0 Å². The molecular formula is C16H18O. The van der Waals surface area contributed by atoms with Crippen LogP contribution in [-0.4, -0.2) is 7.11 Å². The molecule has 0 saturated heterocycles. The maximum Gasteiger partial charge on any atom is 0.122 e. The molecule has 1 atom stereocenters. The molecule has 0 N–H and O–H groups in total. The number of rotatable bonds is 3. The Morgan fingerprint density at radius 3 is 2.29 bits per heavy atom. The second kappa shape index (κ2) is 5.05. The van der Waals surface area contributed by atoms with Gasteiger partial charge in [0.15, 0.2) is 0 Å². The number of benzene rings is 2. The average molecular weight is 226 g/mol. The van der Waals surface area contributed by atoms with E-state index in [1.807, 2.05) is 6.07 Å². The van der Waals surface area contributed by atoms with Crippen LogP contribution in [-0.2, 0) is 0 Å². The van der Waals surface area contributed by atoms with Crippen LogP contribution in [0, 0.1) is 6.92 Å². The zero-order chi connectivity index (χ0) is 12.3. The summed E-state index contributed by atoms with van der Waals surface area (Å²) in [6.45, 7) is 4.29. The molecule has 0 radical (unpaired) electrons. The van der Waals surface area contributed by atoms with Crippen molar-refractivity contribution in [3.05, 3.63) is 65.2 Å². The van der Waals surface area contributed by atoms with Gasteiger partial charge in [-0.2, -0.15) is 0 Å². The minimum absolute atomic E-state index is 0.394. The van der Waals surface area contributed by atoms with Crippen LogP contribution >= 0.6 is 0 Å². The molecule has 2 aromatic carbocycles. The van der Waals surface area contributed by atoms with Crippen molar-refractivity contribution >= 4 is 0 Å². The van der Waals surface area contributed by atoms with E-state index in [1.54, 1.807) is 7.11 Å². The summed E-state index contributed by atoms with van der Waals surface area (Å²) < 4.78 is 5.37. The number of hydrogen-bond acceptors (Lipinski definition) is 1. The first-order chi connectivity index (χ1) is 8.22. The molecule has 2 aromatic rings. The Bertz CT molecular complexity index is 488. The van der Waals surface area contributed by atoms with E-state index in [9.17, 15) is 0 Å². The van der Waals surface area contributed by atoms with Gasteiger partial charge in [-0.05, 0) is 29.7 Å². The summed E-state index contributed by atoms with van der Waals surface area (Å²) in [5.74, 6) is 1.36. The van der Waals surface area contributed by atoms with Crippen molar-refractivity contribution in [2.24, 2.45) is 0 Å². The van der Waals surface area contributed by atoms with E-state index in [4.69, 9.17) is 4.74 Å². The van der Waals surface area contributed by atoms with E-state index in [-0.39, 0.29) is 0 Å². The molecule has 0 spiro atoms. The Labute approximate surface area is 103 Å². The maximum atomic E-state index is 5.37. The lowest BCUT2D eigenvalue weighted by atomic mass is 9.92. The monoisotopic (exact) mass is 226 g/mol. The number of hydrogen-bond donors (Lipinski definition) is 0. The van der Waals surface area contributed by atoms with E-state index >= 15 is 0 Å². The lowest BCUT2D eigenvalue weighted by Gasteiger charge is -2.14. The van der Waals surface area contributed by atoms with Crippen LogP contribution in [0.5, 0.6) is 5.75 Å². The molecule has 0 aliphatic carbocycles. The first-order valence-corrected chi connectivity index (χ1v) is 5.92. The Morgan fingerprint density at radius 2 is 1.65 bits per heavy atom. The number of ether oxygens (including phenoxy) is 1. The SMILES string of the molecule is COc1cc(C(C)c2ccccc2)ccc1C. The summed E-state index contributed by atoms with van der Waals surface area (Å²) in [5.41, 5.74) is 3.80. The fourth-order valence-corrected chi connectivity index (χ4v) is 2.04. The quantitative estimate of drug-likeness (QED) is 0.763. The molecule has 0 aliphatic rings. The van der Waals surface area contributed by atoms with E-state index in [2.05, 4.69) is 56.3 Å². The molecule has 0 aliphatic heterocycles. The molecule has 1 heteroatoms. The van der Waals surface area contributed by atoms with E-state index in [0.717, 1.165) is 5.75 Å². The Balaban J connectivity index is 2.34. The first kappa shape index (κ1) is 11.7. The smallest absolute Gasteiger partial charge is 0.122 e. The highest BCUT2D eigenvalue weighted by atomic mass is 16.5. The highest BCUT2D eigenvalue weighted by molar-refractivity contribution is 5.41. The molecule has 0 saturated carbocycles. The predicted molar refractivity (Wildman–Crippen MR) is 71.7 cm³/mol.